The number of anilines is 1. The lowest BCUT2D eigenvalue weighted by atomic mass is 10.0. The van der Waals surface area contributed by atoms with E-state index >= 15 is 0 Å². The third-order valence-electron chi connectivity index (χ3n) is 5.21. The molecule has 1 aromatic carbocycles. The van der Waals surface area contributed by atoms with Gasteiger partial charge in [0.2, 0.25) is 11.8 Å². The highest BCUT2D eigenvalue weighted by Gasteiger charge is 2.39. The lowest BCUT2D eigenvalue weighted by molar-refractivity contribution is -0.136. The molecule has 2 aliphatic rings. The van der Waals surface area contributed by atoms with Crippen LogP contribution in [-0.2, 0) is 29.2 Å². The van der Waals surface area contributed by atoms with E-state index in [0.717, 1.165) is 22.4 Å². The molecule has 4 rings (SSSR count). The molecule has 0 bridgehead atoms. The predicted octanol–water partition coefficient (Wildman–Crippen LogP) is 0.913. The molecule has 4 N–H and O–H groups in total. The Morgan fingerprint density at radius 3 is 2.89 bits per heavy atom. The van der Waals surface area contributed by atoms with Crippen molar-refractivity contribution < 1.29 is 14.4 Å². The number of carbonyl (C=O) groups is 3. The molecule has 1 unspecified atom stereocenters. The molecule has 8 heteroatoms. The molecule has 1 atom stereocenters. The minimum Gasteiger partial charge on any atom is -0.379 e. The summed E-state index contributed by atoms with van der Waals surface area (Å²) in [6.45, 7) is 1.32. The summed E-state index contributed by atoms with van der Waals surface area (Å²) in [6, 6.07) is 7.01. The van der Waals surface area contributed by atoms with E-state index in [2.05, 4.69) is 15.6 Å². The molecule has 3 amide bonds. The molecule has 1 saturated heterocycles. The number of carbonyl (C=O) groups excluding carboxylic acids is 3. The maximum absolute atomic E-state index is 12.9. The summed E-state index contributed by atoms with van der Waals surface area (Å²) >= 11 is 0. The van der Waals surface area contributed by atoms with Crippen LogP contribution in [0.4, 0.5) is 5.69 Å². The number of benzene rings is 1. The van der Waals surface area contributed by atoms with Gasteiger partial charge < -0.3 is 16.0 Å². The van der Waals surface area contributed by atoms with Crippen molar-refractivity contribution in [1.82, 2.24) is 15.2 Å². The number of piperidine rings is 1. The van der Waals surface area contributed by atoms with Gasteiger partial charge in [-0.05, 0) is 35.2 Å². The Balaban J connectivity index is 1.48. The average Bonchev–Trinajstić information content (AvgIpc) is 3.02. The van der Waals surface area contributed by atoms with E-state index in [4.69, 9.17) is 5.73 Å². The van der Waals surface area contributed by atoms with Gasteiger partial charge in [-0.1, -0.05) is 12.1 Å². The van der Waals surface area contributed by atoms with Crippen molar-refractivity contribution in [3.8, 4) is 0 Å². The largest absolute Gasteiger partial charge is 0.379 e. The number of aromatic nitrogens is 1. The number of hydrogen-bond donors (Lipinski definition) is 3. The van der Waals surface area contributed by atoms with Gasteiger partial charge in [-0.3, -0.25) is 24.7 Å². The molecule has 0 spiro atoms. The topological polar surface area (TPSA) is 117 Å². The van der Waals surface area contributed by atoms with Crippen LogP contribution in [0.5, 0.6) is 0 Å². The Bertz CT molecular complexity index is 959. The Kier molecular flexibility index (Phi) is 4.79. The zero-order valence-corrected chi connectivity index (χ0v) is 15.3. The predicted molar refractivity (Wildman–Crippen MR) is 102 cm³/mol. The number of rotatable bonds is 5. The van der Waals surface area contributed by atoms with Crippen LogP contribution < -0.4 is 16.4 Å². The molecule has 0 radical (unpaired) electrons. The fourth-order valence-corrected chi connectivity index (χ4v) is 3.67. The van der Waals surface area contributed by atoms with Crippen molar-refractivity contribution in [2.75, 3.05) is 5.32 Å². The van der Waals surface area contributed by atoms with Gasteiger partial charge in [0.25, 0.3) is 5.91 Å². The van der Waals surface area contributed by atoms with E-state index in [0.29, 0.717) is 31.6 Å². The second-order valence-electron chi connectivity index (χ2n) is 6.98. The number of amides is 3. The van der Waals surface area contributed by atoms with Crippen LogP contribution in [0.15, 0.2) is 36.7 Å². The standard InChI is InChI=1S/C20H21N5O3/c21-8-13-5-6-22-10-16(13)23-9-12-1-2-14-11-25(20(28)15(14)7-12)17-3-4-18(26)24-19(17)27/h1-2,5-7,10,17,23H,3-4,8-9,11,21H2,(H,24,26,27). The highest BCUT2D eigenvalue weighted by Crippen LogP contribution is 2.28. The van der Waals surface area contributed by atoms with Crippen molar-refractivity contribution in [1.29, 1.82) is 0 Å². The molecule has 8 nitrogen and oxygen atoms in total. The fourth-order valence-electron chi connectivity index (χ4n) is 3.67. The molecule has 2 aromatic rings. The number of nitrogens with zero attached hydrogens (tertiary/aromatic N) is 2. The molecule has 0 saturated carbocycles. The first-order valence-corrected chi connectivity index (χ1v) is 9.20. The van der Waals surface area contributed by atoms with E-state index < -0.39 is 11.9 Å². The van der Waals surface area contributed by atoms with Crippen molar-refractivity contribution in [3.05, 3.63) is 58.9 Å². The third-order valence-corrected chi connectivity index (χ3v) is 5.21. The SMILES string of the molecule is NCc1ccncc1NCc1ccc2c(c1)C(=O)N(C1CCC(=O)NC1=O)C2. The minimum absolute atomic E-state index is 0.171. The number of imide groups is 1. The molecular weight excluding hydrogens is 358 g/mol. The first-order chi connectivity index (χ1) is 13.6. The zero-order chi connectivity index (χ0) is 19.7. The van der Waals surface area contributed by atoms with E-state index in [9.17, 15) is 14.4 Å². The second-order valence-corrected chi connectivity index (χ2v) is 6.98. The van der Waals surface area contributed by atoms with Gasteiger partial charge in [0.05, 0.1) is 11.9 Å². The van der Waals surface area contributed by atoms with Gasteiger partial charge >= 0.3 is 0 Å². The van der Waals surface area contributed by atoms with Crippen LogP contribution in [0, 0.1) is 0 Å². The van der Waals surface area contributed by atoms with E-state index in [1.165, 1.54) is 0 Å². The van der Waals surface area contributed by atoms with Gasteiger partial charge in [-0.15, -0.1) is 0 Å². The Labute approximate surface area is 162 Å². The summed E-state index contributed by atoms with van der Waals surface area (Å²) < 4.78 is 0. The molecule has 0 aliphatic carbocycles. The summed E-state index contributed by atoms with van der Waals surface area (Å²) in [4.78, 5) is 42.0. The van der Waals surface area contributed by atoms with Crippen molar-refractivity contribution in [3.63, 3.8) is 0 Å². The number of nitrogens with one attached hydrogen (secondary N) is 2. The first-order valence-electron chi connectivity index (χ1n) is 9.20. The zero-order valence-electron chi connectivity index (χ0n) is 15.3. The first kappa shape index (κ1) is 18.1. The van der Waals surface area contributed by atoms with Crippen molar-refractivity contribution in [2.45, 2.75) is 38.5 Å². The summed E-state index contributed by atoms with van der Waals surface area (Å²) in [7, 11) is 0. The van der Waals surface area contributed by atoms with Crippen molar-refractivity contribution in [2.24, 2.45) is 5.73 Å². The van der Waals surface area contributed by atoms with Gasteiger partial charge in [-0.25, -0.2) is 0 Å². The highest BCUT2D eigenvalue weighted by molar-refractivity contribution is 6.05. The highest BCUT2D eigenvalue weighted by atomic mass is 16.2. The lowest BCUT2D eigenvalue weighted by Gasteiger charge is -2.29. The quantitative estimate of drug-likeness (QED) is 0.665. The van der Waals surface area contributed by atoms with E-state index in [1.54, 1.807) is 17.3 Å². The Hall–Kier alpha value is -3.26. The summed E-state index contributed by atoms with van der Waals surface area (Å²) in [6.07, 6.45) is 4.04. The fraction of sp³-hybridized carbons (Fsp3) is 0.300. The summed E-state index contributed by atoms with van der Waals surface area (Å²) in [5, 5.41) is 5.62. The van der Waals surface area contributed by atoms with Gasteiger partial charge in [0.1, 0.15) is 6.04 Å². The van der Waals surface area contributed by atoms with Gasteiger partial charge in [-0.2, -0.15) is 0 Å². The summed E-state index contributed by atoms with van der Waals surface area (Å²) in [5.74, 6) is -0.855. The Morgan fingerprint density at radius 2 is 2.11 bits per heavy atom. The maximum atomic E-state index is 12.9. The second kappa shape index (κ2) is 7.40. The van der Waals surface area contributed by atoms with Crippen LogP contribution in [-0.4, -0.2) is 33.6 Å². The molecule has 2 aliphatic heterocycles. The number of pyridine rings is 1. The normalized spacial score (nSPS) is 18.8. The number of hydrogen-bond acceptors (Lipinski definition) is 6. The smallest absolute Gasteiger partial charge is 0.255 e. The van der Waals surface area contributed by atoms with Crippen LogP contribution in [0.2, 0.25) is 0 Å². The lowest BCUT2D eigenvalue weighted by Crippen LogP contribution is -2.52. The summed E-state index contributed by atoms with van der Waals surface area (Å²) in [5.41, 5.74) is 10.0. The van der Waals surface area contributed by atoms with Gasteiger partial charge in [0.15, 0.2) is 0 Å². The molecular formula is C20H21N5O3. The van der Waals surface area contributed by atoms with Crippen LogP contribution >= 0.6 is 0 Å². The average molecular weight is 379 g/mol. The molecule has 3 heterocycles. The number of fused-ring (bicyclic) bond motifs is 1. The van der Waals surface area contributed by atoms with Gasteiger partial charge in [0, 0.05) is 37.8 Å². The monoisotopic (exact) mass is 379 g/mol. The maximum Gasteiger partial charge on any atom is 0.255 e. The molecule has 144 valence electrons. The number of nitrogens with two attached hydrogens (primary N) is 1. The van der Waals surface area contributed by atoms with Crippen LogP contribution in [0.3, 0.4) is 0 Å². The van der Waals surface area contributed by atoms with Crippen LogP contribution in [0.1, 0.15) is 39.9 Å². The van der Waals surface area contributed by atoms with Crippen LogP contribution in [0.25, 0.3) is 0 Å². The van der Waals surface area contributed by atoms with E-state index in [1.807, 2.05) is 24.3 Å². The molecule has 1 aromatic heterocycles. The van der Waals surface area contributed by atoms with Crippen molar-refractivity contribution >= 4 is 23.4 Å². The minimum atomic E-state index is -0.596. The molecule has 1 fully saturated rings. The Morgan fingerprint density at radius 1 is 1.25 bits per heavy atom. The molecule has 28 heavy (non-hydrogen) atoms. The van der Waals surface area contributed by atoms with E-state index in [-0.39, 0.29) is 18.2 Å². The third kappa shape index (κ3) is 3.34.